The number of nitrogens with zero attached hydrogens (tertiary/aromatic N) is 1. The summed E-state index contributed by atoms with van der Waals surface area (Å²) in [5.41, 5.74) is 1.47. The maximum atomic E-state index is 9.30. The fourth-order valence-corrected chi connectivity index (χ4v) is 2.26. The van der Waals surface area contributed by atoms with Crippen LogP contribution in [0, 0.1) is 0 Å². The Hall–Kier alpha value is -1.02. The van der Waals surface area contributed by atoms with Crippen LogP contribution in [0.2, 0.25) is 0 Å². The molecule has 0 bridgehead atoms. The molecule has 0 unspecified atom stereocenters. The third-order valence-corrected chi connectivity index (χ3v) is 2.90. The van der Waals surface area contributed by atoms with Gasteiger partial charge < -0.3 is 5.11 Å². The maximum absolute atomic E-state index is 9.30. The highest BCUT2D eigenvalue weighted by Gasteiger charge is 2.31. The second kappa shape index (κ2) is 4.69. The lowest BCUT2D eigenvalue weighted by Crippen LogP contribution is -2.51. The Morgan fingerprint density at radius 1 is 0.882 bits per heavy atom. The molecule has 1 N–H and O–H groups in total. The summed E-state index contributed by atoms with van der Waals surface area (Å²) in [6.07, 6.45) is 0. The molecule has 0 heterocycles. The minimum atomic E-state index is 0.121. The number of aromatic hydroxyl groups is 1. The molecule has 2 nitrogen and oxygen atoms in total. The predicted molar refractivity (Wildman–Crippen MR) is 73.2 cm³/mol. The second-order valence-corrected chi connectivity index (χ2v) is 6.59. The smallest absolute Gasteiger partial charge is 0.115 e. The lowest BCUT2D eigenvalue weighted by Gasteiger charge is -2.45. The second-order valence-electron chi connectivity index (χ2n) is 6.59. The molecule has 0 amide bonds. The van der Waals surface area contributed by atoms with Crippen molar-refractivity contribution in [1.29, 1.82) is 0 Å². The lowest BCUT2D eigenvalue weighted by atomic mass is 9.95. The quantitative estimate of drug-likeness (QED) is 0.843. The van der Waals surface area contributed by atoms with E-state index in [1.807, 2.05) is 12.1 Å². The van der Waals surface area contributed by atoms with Gasteiger partial charge in [-0.05, 0) is 59.2 Å². The predicted octanol–water partition coefficient (Wildman–Crippen LogP) is 3.79. The van der Waals surface area contributed by atoms with Crippen LogP contribution in [-0.4, -0.2) is 21.1 Å². The van der Waals surface area contributed by atoms with Gasteiger partial charge in [0.25, 0.3) is 0 Å². The zero-order valence-electron chi connectivity index (χ0n) is 11.9. The van der Waals surface area contributed by atoms with Crippen molar-refractivity contribution in [3.05, 3.63) is 29.8 Å². The van der Waals surface area contributed by atoms with Crippen LogP contribution in [0.3, 0.4) is 0 Å². The van der Waals surface area contributed by atoms with Crippen molar-refractivity contribution < 1.29 is 5.11 Å². The highest BCUT2D eigenvalue weighted by atomic mass is 16.3. The highest BCUT2D eigenvalue weighted by Crippen LogP contribution is 2.27. The van der Waals surface area contributed by atoms with Gasteiger partial charge in [0.2, 0.25) is 0 Å². The first kappa shape index (κ1) is 14.0. The number of rotatable bonds is 2. The molecule has 0 spiro atoms. The van der Waals surface area contributed by atoms with Crippen molar-refractivity contribution in [3.8, 4) is 5.75 Å². The van der Waals surface area contributed by atoms with Gasteiger partial charge in [0.15, 0.2) is 0 Å². The van der Waals surface area contributed by atoms with Crippen LogP contribution >= 0.6 is 0 Å². The summed E-state index contributed by atoms with van der Waals surface area (Å²) in [7, 11) is 0. The van der Waals surface area contributed by atoms with Gasteiger partial charge in [0.1, 0.15) is 5.75 Å². The number of hydrogen-bond acceptors (Lipinski definition) is 2. The third kappa shape index (κ3) is 4.04. The van der Waals surface area contributed by atoms with E-state index in [0.29, 0.717) is 5.75 Å². The van der Waals surface area contributed by atoms with Gasteiger partial charge in [0, 0.05) is 17.6 Å². The Labute approximate surface area is 105 Å². The summed E-state index contributed by atoms with van der Waals surface area (Å²) < 4.78 is 0. The number of hydrogen-bond donors (Lipinski definition) is 1. The zero-order chi connectivity index (χ0) is 13.3. The summed E-state index contributed by atoms with van der Waals surface area (Å²) in [5, 5.41) is 9.30. The van der Waals surface area contributed by atoms with E-state index < -0.39 is 0 Å². The van der Waals surface area contributed by atoms with Crippen molar-refractivity contribution in [2.24, 2.45) is 0 Å². The van der Waals surface area contributed by atoms with Gasteiger partial charge in [0.05, 0.1) is 0 Å². The molecule has 1 aromatic rings. The molecular weight excluding hydrogens is 210 g/mol. The molecule has 0 saturated heterocycles. The molecule has 2 heteroatoms. The molecule has 0 aromatic heterocycles. The van der Waals surface area contributed by atoms with E-state index in [1.54, 1.807) is 12.1 Å². The van der Waals surface area contributed by atoms with Gasteiger partial charge in [-0.1, -0.05) is 12.1 Å². The minimum absolute atomic E-state index is 0.121. The largest absolute Gasteiger partial charge is 0.508 e. The Bertz CT molecular complexity index is 340. The highest BCUT2D eigenvalue weighted by molar-refractivity contribution is 5.26. The molecule has 1 aromatic carbocycles. The third-order valence-electron chi connectivity index (χ3n) is 2.90. The maximum Gasteiger partial charge on any atom is 0.115 e. The number of benzene rings is 1. The van der Waals surface area contributed by atoms with E-state index in [4.69, 9.17) is 0 Å². The number of phenols is 1. The Morgan fingerprint density at radius 2 is 1.29 bits per heavy atom. The van der Waals surface area contributed by atoms with Crippen molar-refractivity contribution in [2.45, 2.75) is 59.2 Å². The lowest BCUT2D eigenvalue weighted by molar-refractivity contribution is 0.0298. The summed E-state index contributed by atoms with van der Waals surface area (Å²) in [6, 6.07) is 7.47. The molecule has 0 fully saturated rings. The molecule has 0 saturated carbocycles. The van der Waals surface area contributed by atoms with Crippen LogP contribution in [0.25, 0.3) is 0 Å². The van der Waals surface area contributed by atoms with Crippen LogP contribution < -0.4 is 0 Å². The van der Waals surface area contributed by atoms with Crippen LogP contribution in [0.1, 0.15) is 47.1 Å². The Kier molecular flexibility index (Phi) is 3.88. The Morgan fingerprint density at radius 3 is 1.65 bits per heavy atom. The van der Waals surface area contributed by atoms with Crippen LogP contribution in [0.5, 0.6) is 5.75 Å². The van der Waals surface area contributed by atoms with Crippen molar-refractivity contribution >= 4 is 0 Å². The SMILES string of the molecule is CC(C)(C)N(Cc1ccc(O)cc1)C(C)(C)C. The summed E-state index contributed by atoms with van der Waals surface area (Å²) >= 11 is 0. The van der Waals surface area contributed by atoms with E-state index >= 15 is 0 Å². The van der Waals surface area contributed by atoms with Gasteiger partial charge in [-0.25, -0.2) is 0 Å². The molecule has 96 valence electrons. The standard InChI is InChI=1S/C15H25NO/c1-14(2,3)16(15(4,5)6)11-12-7-9-13(17)10-8-12/h7-10,17H,11H2,1-6H3. The van der Waals surface area contributed by atoms with Crippen molar-refractivity contribution in [3.63, 3.8) is 0 Å². The molecule has 0 aliphatic carbocycles. The average molecular weight is 235 g/mol. The van der Waals surface area contributed by atoms with E-state index in [2.05, 4.69) is 46.4 Å². The molecule has 17 heavy (non-hydrogen) atoms. The van der Waals surface area contributed by atoms with Crippen molar-refractivity contribution in [2.75, 3.05) is 0 Å². The van der Waals surface area contributed by atoms with E-state index in [0.717, 1.165) is 6.54 Å². The number of phenolic OH excluding ortho intramolecular Hbond substituents is 1. The van der Waals surface area contributed by atoms with Crippen LogP contribution in [-0.2, 0) is 6.54 Å². The molecule has 0 aliphatic rings. The average Bonchev–Trinajstić information content (AvgIpc) is 2.13. The van der Waals surface area contributed by atoms with Gasteiger partial charge in [-0.3, -0.25) is 4.90 Å². The van der Waals surface area contributed by atoms with Crippen molar-refractivity contribution in [1.82, 2.24) is 4.90 Å². The topological polar surface area (TPSA) is 23.5 Å². The summed E-state index contributed by atoms with van der Waals surface area (Å²) in [4.78, 5) is 2.46. The summed E-state index contributed by atoms with van der Waals surface area (Å²) in [5.74, 6) is 0.326. The van der Waals surface area contributed by atoms with Gasteiger partial charge in [-0.15, -0.1) is 0 Å². The zero-order valence-corrected chi connectivity index (χ0v) is 11.9. The fraction of sp³-hybridized carbons (Fsp3) is 0.600. The normalized spacial score (nSPS) is 13.1. The fourth-order valence-electron chi connectivity index (χ4n) is 2.26. The first-order chi connectivity index (χ1) is 7.60. The molecule has 0 radical (unpaired) electrons. The monoisotopic (exact) mass is 235 g/mol. The van der Waals surface area contributed by atoms with E-state index in [1.165, 1.54) is 5.56 Å². The van der Waals surface area contributed by atoms with Crippen LogP contribution in [0.15, 0.2) is 24.3 Å². The minimum Gasteiger partial charge on any atom is -0.508 e. The molecular formula is C15H25NO. The van der Waals surface area contributed by atoms with Gasteiger partial charge in [-0.2, -0.15) is 0 Å². The molecule has 0 atom stereocenters. The van der Waals surface area contributed by atoms with E-state index in [9.17, 15) is 5.11 Å². The molecule has 0 aliphatic heterocycles. The summed E-state index contributed by atoms with van der Waals surface area (Å²) in [6.45, 7) is 14.3. The Balaban J connectivity index is 2.92. The van der Waals surface area contributed by atoms with E-state index in [-0.39, 0.29) is 11.1 Å². The van der Waals surface area contributed by atoms with Gasteiger partial charge >= 0.3 is 0 Å². The first-order valence-corrected chi connectivity index (χ1v) is 6.16. The first-order valence-electron chi connectivity index (χ1n) is 6.16. The molecule has 1 rings (SSSR count). The van der Waals surface area contributed by atoms with Crippen LogP contribution in [0.4, 0.5) is 0 Å².